The van der Waals surface area contributed by atoms with Crippen molar-refractivity contribution in [1.82, 2.24) is 9.62 Å². The van der Waals surface area contributed by atoms with Gasteiger partial charge in [-0.25, -0.2) is 13.2 Å². The number of hydrogen-bond acceptors (Lipinski definition) is 10. The Labute approximate surface area is 260 Å². The number of rotatable bonds is 12. The summed E-state index contributed by atoms with van der Waals surface area (Å²) in [7, 11) is -4.11. The number of sulfonamides is 1. The fraction of sp³-hybridized carbons (Fsp3) is 0.355. The molecule has 0 saturated carbocycles. The van der Waals surface area contributed by atoms with Crippen molar-refractivity contribution in [3.63, 3.8) is 0 Å². The van der Waals surface area contributed by atoms with E-state index in [2.05, 4.69) is 5.32 Å². The third-order valence-corrected chi connectivity index (χ3v) is 9.21. The molecule has 2 aliphatic heterocycles. The third-order valence-electron chi connectivity index (χ3n) is 7.39. The van der Waals surface area contributed by atoms with Gasteiger partial charge in [-0.15, -0.1) is 0 Å². The molecule has 240 valence electrons. The number of ether oxygens (including phenoxy) is 3. The minimum atomic E-state index is -4.11. The molecule has 2 heterocycles. The monoisotopic (exact) mass is 641 g/mol. The highest BCUT2D eigenvalue weighted by atomic mass is 32.2. The van der Waals surface area contributed by atoms with Crippen molar-refractivity contribution in [2.45, 2.75) is 43.4 Å². The number of carbonyl (C=O) groups excluding carboxylic acids is 2. The Bertz CT molecular complexity index is 1650. The van der Waals surface area contributed by atoms with Gasteiger partial charge < -0.3 is 34.8 Å². The molecule has 45 heavy (non-hydrogen) atoms. The second-order valence-corrected chi connectivity index (χ2v) is 13.2. The van der Waals surface area contributed by atoms with Crippen LogP contribution in [0.15, 0.2) is 71.6 Å². The first-order valence-corrected chi connectivity index (χ1v) is 15.8. The number of aromatic hydroxyl groups is 2. The average molecular weight is 642 g/mol. The number of nitrogens with zero attached hydrogens (tertiary/aromatic N) is 2. The van der Waals surface area contributed by atoms with Crippen molar-refractivity contribution in [2.75, 3.05) is 31.3 Å². The molecular weight excluding hydrogens is 606 g/mol. The molecule has 5 rings (SSSR count). The summed E-state index contributed by atoms with van der Waals surface area (Å²) in [4.78, 5) is 27.1. The Kier molecular flexibility index (Phi) is 9.37. The predicted octanol–water partition coefficient (Wildman–Crippen LogP) is 2.59. The molecule has 3 aromatic carbocycles. The van der Waals surface area contributed by atoms with Crippen LogP contribution < -0.4 is 19.7 Å². The molecule has 0 radical (unpaired) electrons. The van der Waals surface area contributed by atoms with Gasteiger partial charge in [0.25, 0.3) is 5.91 Å². The Balaban J connectivity index is 1.36. The number of nitrogens with one attached hydrogen (secondary N) is 1. The Morgan fingerprint density at radius 1 is 1.02 bits per heavy atom. The fourth-order valence-corrected chi connectivity index (χ4v) is 6.80. The highest BCUT2D eigenvalue weighted by molar-refractivity contribution is 7.89. The standard InChI is InChI=1S/C31H35N3O10S/c1-19(2)15-33(45(40,41)22-9-11-27-28(14-22)43-18-42-27)16-26(37)23(12-20-6-4-3-5-7-20)32-30(38)29-17-34(31(39)44-29)24-10-8-21(35)13-25(24)36/h3-11,13-14,19,23,26,29,35-37H,12,15-18H2,1-2H3,(H,32,38)/t23-,26+,29-/m0/s1. The summed E-state index contributed by atoms with van der Waals surface area (Å²) in [5.41, 5.74) is 0.821. The number of anilines is 1. The maximum absolute atomic E-state index is 13.8. The van der Waals surface area contributed by atoms with Crippen molar-refractivity contribution in [2.24, 2.45) is 5.92 Å². The van der Waals surface area contributed by atoms with Crippen LogP contribution in [0.3, 0.4) is 0 Å². The second-order valence-electron chi connectivity index (χ2n) is 11.3. The van der Waals surface area contributed by atoms with E-state index >= 15 is 0 Å². The largest absolute Gasteiger partial charge is 0.508 e. The fourth-order valence-electron chi connectivity index (χ4n) is 5.16. The molecule has 4 N–H and O–H groups in total. The van der Waals surface area contributed by atoms with Gasteiger partial charge in [0.2, 0.25) is 16.8 Å². The minimum absolute atomic E-state index is 0.0156. The maximum Gasteiger partial charge on any atom is 0.415 e. The summed E-state index contributed by atoms with van der Waals surface area (Å²) in [6.45, 7) is 3.19. The predicted molar refractivity (Wildman–Crippen MR) is 162 cm³/mol. The number of amides is 2. The van der Waals surface area contributed by atoms with Gasteiger partial charge in [0.1, 0.15) is 11.5 Å². The normalized spacial score (nSPS) is 17.4. The summed E-state index contributed by atoms with van der Waals surface area (Å²) < 4.78 is 44.7. The Morgan fingerprint density at radius 2 is 1.76 bits per heavy atom. The number of carbonyl (C=O) groups is 2. The van der Waals surface area contributed by atoms with Crippen LogP contribution in [0.4, 0.5) is 10.5 Å². The quantitative estimate of drug-likeness (QED) is 0.230. The van der Waals surface area contributed by atoms with Crippen LogP contribution in [-0.4, -0.2) is 84.7 Å². The van der Waals surface area contributed by atoms with E-state index in [9.17, 15) is 33.3 Å². The van der Waals surface area contributed by atoms with Gasteiger partial charge >= 0.3 is 6.09 Å². The van der Waals surface area contributed by atoms with E-state index in [0.29, 0.717) is 11.5 Å². The van der Waals surface area contributed by atoms with E-state index in [1.807, 2.05) is 32.0 Å². The van der Waals surface area contributed by atoms with Gasteiger partial charge in [0, 0.05) is 25.2 Å². The van der Waals surface area contributed by atoms with Gasteiger partial charge in [0.05, 0.1) is 29.3 Å². The first kappa shape index (κ1) is 31.9. The van der Waals surface area contributed by atoms with E-state index in [0.717, 1.165) is 16.5 Å². The van der Waals surface area contributed by atoms with Crippen LogP contribution in [0.2, 0.25) is 0 Å². The van der Waals surface area contributed by atoms with Gasteiger partial charge in [-0.2, -0.15) is 4.31 Å². The molecule has 1 fully saturated rings. The summed E-state index contributed by atoms with van der Waals surface area (Å²) >= 11 is 0. The molecule has 0 aliphatic carbocycles. The van der Waals surface area contributed by atoms with Crippen LogP contribution in [0.1, 0.15) is 19.4 Å². The van der Waals surface area contributed by atoms with Crippen LogP contribution in [-0.2, 0) is 26.0 Å². The zero-order valence-corrected chi connectivity index (χ0v) is 25.5. The lowest BCUT2D eigenvalue weighted by atomic mass is 10.0. The summed E-state index contributed by atoms with van der Waals surface area (Å²) in [6.07, 6.45) is -3.39. The lowest BCUT2D eigenvalue weighted by Crippen LogP contribution is -2.53. The highest BCUT2D eigenvalue weighted by Gasteiger charge is 2.40. The van der Waals surface area contributed by atoms with Gasteiger partial charge in [0.15, 0.2) is 17.6 Å². The highest BCUT2D eigenvalue weighted by Crippen LogP contribution is 2.35. The molecular formula is C31H35N3O10S. The molecule has 14 heteroatoms. The number of aliphatic hydroxyl groups is 1. The third kappa shape index (κ3) is 7.24. The minimum Gasteiger partial charge on any atom is -0.508 e. The average Bonchev–Trinajstić information content (AvgIpc) is 3.63. The molecule has 13 nitrogen and oxygen atoms in total. The van der Waals surface area contributed by atoms with E-state index in [-0.39, 0.29) is 60.8 Å². The number of aliphatic hydroxyl groups excluding tert-OH is 1. The van der Waals surface area contributed by atoms with Crippen molar-refractivity contribution in [3.05, 3.63) is 72.3 Å². The van der Waals surface area contributed by atoms with Crippen molar-refractivity contribution in [1.29, 1.82) is 0 Å². The van der Waals surface area contributed by atoms with Crippen molar-refractivity contribution < 1.29 is 47.5 Å². The Morgan fingerprint density at radius 3 is 2.47 bits per heavy atom. The lowest BCUT2D eigenvalue weighted by molar-refractivity contribution is -0.129. The van der Waals surface area contributed by atoms with Gasteiger partial charge in [-0.1, -0.05) is 44.2 Å². The summed E-state index contributed by atoms with van der Waals surface area (Å²) in [5, 5.41) is 34.1. The lowest BCUT2D eigenvalue weighted by Gasteiger charge is -2.31. The summed E-state index contributed by atoms with van der Waals surface area (Å²) in [6, 6.07) is 16.0. The number of hydrogen-bond donors (Lipinski definition) is 4. The van der Waals surface area contributed by atoms with E-state index in [1.165, 1.54) is 34.6 Å². The molecule has 3 atom stereocenters. The van der Waals surface area contributed by atoms with Crippen LogP contribution in [0, 0.1) is 5.92 Å². The Hall–Kier alpha value is -4.53. The number of cyclic esters (lactones) is 1. The van der Waals surface area contributed by atoms with Crippen LogP contribution in [0.5, 0.6) is 23.0 Å². The van der Waals surface area contributed by atoms with E-state index in [4.69, 9.17) is 14.2 Å². The van der Waals surface area contributed by atoms with Crippen molar-refractivity contribution in [3.8, 4) is 23.0 Å². The number of benzene rings is 3. The molecule has 2 aliphatic rings. The van der Waals surface area contributed by atoms with Crippen molar-refractivity contribution >= 4 is 27.7 Å². The van der Waals surface area contributed by atoms with Crippen LogP contribution >= 0.6 is 0 Å². The SMILES string of the molecule is CC(C)CN(C[C@@H](O)[C@H](Cc1ccccc1)NC(=O)[C@@H]1CN(c2ccc(O)cc2O)C(=O)O1)S(=O)(=O)c1ccc2c(c1)OCO2. The molecule has 3 aromatic rings. The van der Waals surface area contributed by atoms with E-state index < -0.39 is 40.3 Å². The second kappa shape index (κ2) is 13.2. The molecule has 0 bridgehead atoms. The molecule has 2 amide bonds. The van der Waals surface area contributed by atoms with Gasteiger partial charge in [-0.05, 0) is 42.2 Å². The zero-order valence-electron chi connectivity index (χ0n) is 24.7. The van der Waals surface area contributed by atoms with E-state index in [1.54, 1.807) is 12.1 Å². The summed E-state index contributed by atoms with van der Waals surface area (Å²) in [5.74, 6) is -0.651. The molecule has 0 spiro atoms. The van der Waals surface area contributed by atoms with Crippen LogP contribution in [0.25, 0.3) is 0 Å². The first-order chi connectivity index (χ1) is 21.4. The molecule has 1 saturated heterocycles. The maximum atomic E-state index is 13.8. The molecule has 0 aromatic heterocycles. The number of phenolic OH excluding ortho intramolecular Hbond substituents is 2. The topological polar surface area (TPSA) is 175 Å². The zero-order chi connectivity index (χ0) is 32.3. The smallest absolute Gasteiger partial charge is 0.415 e. The number of phenols is 2. The van der Waals surface area contributed by atoms with Gasteiger partial charge in [-0.3, -0.25) is 9.69 Å². The first-order valence-electron chi connectivity index (χ1n) is 14.3. The molecule has 0 unspecified atom stereocenters. The number of fused-ring (bicyclic) bond motifs is 1.